The molecule has 0 aliphatic rings. The number of carbonyl (C=O) groups is 3. The molecule has 0 aromatic heterocycles. The van der Waals surface area contributed by atoms with E-state index in [0.29, 0.717) is 11.3 Å². The van der Waals surface area contributed by atoms with E-state index in [4.69, 9.17) is 14.2 Å². The molecule has 2 amide bonds. The van der Waals surface area contributed by atoms with Gasteiger partial charge >= 0.3 is 11.7 Å². The van der Waals surface area contributed by atoms with E-state index in [-0.39, 0.29) is 18.0 Å². The van der Waals surface area contributed by atoms with Gasteiger partial charge in [0.15, 0.2) is 18.5 Å². The fourth-order valence-electron chi connectivity index (χ4n) is 2.27. The second-order valence-corrected chi connectivity index (χ2v) is 6.06. The van der Waals surface area contributed by atoms with Crippen LogP contribution >= 0.6 is 0 Å². The first-order chi connectivity index (χ1) is 14.8. The topological polar surface area (TPSA) is 146 Å². The maximum absolute atomic E-state index is 12.1. The summed E-state index contributed by atoms with van der Waals surface area (Å²) in [4.78, 5) is 45.9. The Morgan fingerprint density at radius 3 is 2.39 bits per heavy atom. The zero-order chi connectivity index (χ0) is 22.8. The van der Waals surface area contributed by atoms with Gasteiger partial charge in [-0.05, 0) is 44.2 Å². The highest BCUT2D eigenvalue weighted by Crippen LogP contribution is 2.26. The Morgan fingerprint density at radius 1 is 1.06 bits per heavy atom. The number of carbonyl (C=O) groups excluding carboxylic acids is 3. The highest BCUT2D eigenvalue weighted by atomic mass is 16.6. The molecule has 11 heteroatoms. The average Bonchev–Trinajstić information content (AvgIpc) is 2.76. The van der Waals surface area contributed by atoms with Gasteiger partial charge in [-0.2, -0.15) is 0 Å². The smallest absolute Gasteiger partial charge is 0.338 e. The van der Waals surface area contributed by atoms with Crippen LogP contribution in [0.4, 0.5) is 5.69 Å². The Bertz CT molecular complexity index is 946. The molecule has 164 valence electrons. The normalized spacial score (nSPS) is 11.0. The minimum absolute atomic E-state index is 0.0731. The third-order valence-electron chi connectivity index (χ3n) is 3.80. The van der Waals surface area contributed by atoms with Crippen LogP contribution in [0.15, 0.2) is 48.5 Å². The molecule has 0 aliphatic carbocycles. The van der Waals surface area contributed by atoms with E-state index >= 15 is 0 Å². The van der Waals surface area contributed by atoms with Crippen molar-refractivity contribution in [1.29, 1.82) is 0 Å². The Kier molecular flexibility index (Phi) is 8.31. The molecule has 0 fully saturated rings. The molecule has 0 heterocycles. The number of hydrogen-bond acceptors (Lipinski definition) is 8. The van der Waals surface area contributed by atoms with Gasteiger partial charge in [0.2, 0.25) is 0 Å². The van der Waals surface area contributed by atoms with Crippen molar-refractivity contribution < 1.29 is 33.5 Å². The largest absolute Gasteiger partial charge is 0.484 e. The van der Waals surface area contributed by atoms with E-state index in [0.717, 1.165) is 0 Å². The van der Waals surface area contributed by atoms with Crippen molar-refractivity contribution in [2.45, 2.75) is 20.0 Å². The van der Waals surface area contributed by atoms with Gasteiger partial charge in [-0.25, -0.2) is 4.79 Å². The zero-order valence-corrected chi connectivity index (χ0v) is 16.8. The molecule has 0 saturated carbocycles. The summed E-state index contributed by atoms with van der Waals surface area (Å²) in [5.74, 6) is -1.57. The Labute approximate surface area is 177 Å². The molecule has 0 spiro atoms. The molecule has 1 atom stereocenters. The molecule has 2 aromatic carbocycles. The number of hydrazine groups is 1. The Balaban J connectivity index is 1.78. The summed E-state index contributed by atoms with van der Waals surface area (Å²) in [6.07, 6.45) is -1.11. The number of nitrogens with zero attached hydrogens (tertiary/aromatic N) is 1. The Hall–Kier alpha value is -4.15. The molecule has 2 N–H and O–H groups in total. The first kappa shape index (κ1) is 23.1. The van der Waals surface area contributed by atoms with Crippen LogP contribution in [-0.4, -0.2) is 42.0 Å². The van der Waals surface area contributed by atoms with Crippen LogP contribution < -0.4 is 20.3 Å². The van der Waals surface area contributed by atoms with E-state index in [9.17, 15) is 24.5 Å². The molecule has 31 heavy (non-hydrogen) atoms. The number of nitrogens with one attached hydrogen (secondary N) is 2. The monoisotopic (exact) mass is 431 g/mol. The van der Waals surface area contributed by atoms with Crippen molar-refractivity contribution >= 4 is 23.5 Å². The van der Waals surface area contributed by atoms with Gasteiger partial charge in [0.25, 0.3) is 11.8 Å². The maximum atomic E-state index is 12.1. The summed E-state index contributed by atoms with van der Waals surface area (Å²) >= 11 is 0. The zero-order valence-electron chi connectivity index (χ0n) is 16.8. The maximum Gasteiger partial charge on any atom is 0.338 e. The summed E-state index contributed by atoms with van der Waals surface area (Å²) in [5.41, 5.74) is 4.36. The number of para-hydroxylation sites is 2. The van der Waals surface area contributed by atoms with Gasteiger partial charge in [0, 0.05) is 6.07 Å². The van der Waals surface area contributed by atoms with Crippen LogP contribution in [0.25, 0.3) is 0 Å². The SMILES string of the molecule is CCOC(=O)c1ccc(OCC(=O)NNC(=O)C(C)Oc2ccccc2[N+](=O)[O-])cc1. The molecule has 2 rings (SSSR count). The van der Waals surface area contributed by atoms with Crippen molar-refractivity contribution in [2.24, 2.45) is 0 Å². The third kappa shape index (κ3) is 6.99. The molecule has 0 aliphatic heterocycles. The predicted octanol–water partition coefficient (Wildman–Crippen LogP) is 1.77. The lowest BCUT2D eigenvalue weighted by Crippen LogP contribution is -2.48. The van der Waals surface area contributed by atoms with Gasteiger partial charge in [0.05, 0.1) is 17.1 Å². The molecule has 0 bridgehead atoms. The van der Waals surface area contributed by atoms with Gasteiger partial charge in [-0.1, -0.05) is 12.1 Å². The van der Waals surface area contributed by atoms with E-state index in [1.54, 1.807) is 6.92 Å². The number of rotatable bonds is 9. The summed E-state index contributed by atoms with van der Waals surface area (Å²) in [7, 11) is 0. The summed E-state index contributed by atoms with van der Waals surface area (Å²) in [5, 5.41) is 11.0. The third-order valence-corrected chi connectivity index (χ3v) is 3.80. The number of amides is 2. The van der Waals surface area contributed by atoms with E-state index in [1.165, 1.54) is 55.5 Å². The van der Waals surface area contributed by atoms with Crippen LogP contribution in [0.3, 0.4) is 0 Å². The summed E-state index contributed by atoms with van der Waals surface area (Å²) in [6, 6.07) is 11.6. The minimum atomic E-state index is -1.11. The van der Waals surface area contributed by atoms with Crippen LogP contribution in [0, 0.1) is 10.1 Å². The fraction of sp³-hybridized carbons (Fsp3) is 0.250. The second-order valence-electron chi connectivity index (χ2n) is 6.06. The molecule has 0 radical (unpaired) electrons. The minimum Gasteiger partial charge on any atom is -0.484 e. The van der Waals surface area contributed by atoms with Crippen LogP contribution in [-0.2, 0) is 14.3 Å². The van der Waals surface area contributed by atoms with E-state index in [2.05, 4.69) is 10.9 Å². The lowest BCUT2D eigenvalue weighted by Gasteiger charge is -2.15. The Morgan fingerprint density at radius 2 is 1.74 bits per heavy atom. The number of nitro groups is 1. The molecule has 1 unspecified atom stereocenters. The quantitative estimate of drug-likeness (QED) is 0.347. The van der Waals surface area contributed by atoms with Crippen molar-refractivity contribution in [3.8, 4) is 11.5 Å². The van der Waals surface area contributed by atoms with Crippen LogP contribution in [0.5, 0.6) is 11.5 Å². The predicted molar refractivity (Wildman–Crippen MR) is 107 cm³/mol. The fourth-order valence-corrected chi connectivity index (χ4v) is 2.27. The molecular weight excluding hydrogens is 410 g/mol. The van der Waals surface area contributed by atoms with Gasteiger partial charge in [-0.15, -0.1) is 0 Å². The van der Waals surface area contributed by atoms with Crippen molar-refractivity contribution in [2.75, 3.05) is 13.2 Å². The van der Waals surface area contributed by atoms with Gasteiger partial charge in [-0.3, -0.25) is 30.6 Å². The van der Waals surface area contributed by atoms with Gasteiger partial charge in [0.1, 0.15) is 5.75 Å². The first-order valence-corrected chi connectivity index (χ1v) is 9.20. The molecular formula is C20H21N3O8. The van der Waals surface area contributed by atoms with Crippen LogP contribution in [0.2, 0.25) is 0 Å². The van der Waals surface area contributed by atoms with E-state index < -0.39 is 35.4 Å². The lowest BCUT2D eigenvalue weighted by molar-refractivity contribution is -0.386. The standard InChI is InChI=1S/C20H21N3O8/c1-3-29-20(26)14-8-10-15(11-9-14)30-12-18(24)21-22-19(25)13(2)31-17-7-5-4-6-16(17)23(27)28/h4-11,13H,3,12H2,1-2H3,(H,21,24)(H,22,25). The molecule has 2 aromatic rings. The average molecular weight is 431 g/mol. The summed E-state index contributed by atoms with van der Waals surface area (Å²) < 4.78 is 15.4. The van der Waals surface area contributed by atoms with Crippen molar-refractivity contribution in [1.82, 2.24) is 10.9 Å². The first-order valence-electron chi connectivity index (χ1n) is 9.20. The highest BCUT2D eigenvalue weighted by molar-refractivity contribution is 5.89. The van der Waals surface area contributed by atoms with E-state index in [1.807, 2.05) is 0 Å². The highest BCUT2D eigenvalue weighted by Gasteiger charge is 2.21. The van der Waals surface area contributed by atoms with Crippen LogP contribution in [0.1, 0.15) is 24.2 Å². The van der Waals surface area contributed by atoms with Crippen molar-refractivity contribution in [3.63, 3.8) is 0 Å². The number of nitro benzene ring substituents is 1. The van der Waals surface area contributed by atoms with Gasteiger partial charge < -0.3 is 14.2 Å². The molecule has 11 nitrogen and oxygen atoms in total. The summed E-state index contributed by atoms with van der Waals surface area (Å²) in [6.45, 7) is 2.93. The lowest BCUT2D eigenvalue weighted by atomic mass is 10.2. The molecule has 0 saturated heterocycles. The number of ether oxygens (including phenoxy) is 3. The van der Waals surface area contributed by atoms with Crippen molar-refractivity contribution in [3.05, 3.63) is 64.2 Å². The number of esters is 1. The number of benzene rings is 2. The second kappa shape index (κ2) is 11.1. The number of hydrogen-bond donors (Lipinski definition) is 2.